The van der Waals surface area contributed by atoms with Crippen molar-refractivity contribution in [2.24, 2.45) is 0 Å². The van der Waals surface area contributed by atoms with Crippen LogP contribution in [0.15, 0.2) is 18.2 Å². The van der Waals surface area contributed by atoms with Gasteiger partial charge in [0, 0.05) is 6.42 Å². The molecule has 0 amide bonds. The van der Waals surface area contributed by atoms with Crippen molar-refractivity contribution >= 4 is 45.8 Å². The number of rotatable bonds is 6. The lowest BCUT2D eigenvalue weighted by Crippen LogP contribution is -2.06. The molecule has 202 valence electrons. The minimum atomic E-state index is -4.52. The Balaban J connectivity index is 0.000000448. The SMILES string of the molecule is C.C.CCOc1nc(Cl)nc(Cc2ccc3nc(C(F)(F)F)[nH]c3c2)n1.CCOc1nc(Cl)nc(Cl)n1. The number of H-pyrrole nitrogens is 1. The number of benzene rings is 1. The molecule has 0 aliphatic carbocycles. The number of imidazole rings is 1. The number of ether oxygens (including phenoxy) is 2. The number of alkyl halides is 3. The van der Waals surface area contributed by atoms with E-state index in [4.69, 9.17) is 44.3 Å². The normalized spacial score (nSPS) is 10.6. The van der Waals surface area contributed by atoms with Crippen LogP contribution in [0.25, 0.3) is 11.0 Å². The Bertz CT molecular complexity index is 1290. The number of nitrogens with one attached hydrogen (secondary N) is 1. The van der Waals surface area contributed by atoms with E-state index in [1.165, 1.54) is 6.07 Å². The maximum atomic E-state index is 12.7. The van der Waals surface area contributed by atoms with E-state index in [2.05, 4.69) is 39.9 Å². The number of aromatic nitrogens is 8. The first-order valence-corrected chi connectivity index (χ1v) is 11.0. The Kier molecular flexibility index (Phi) is 12.2. The van der Waals surface area contributed by atoms with Crippen molar-refractivity contribution < 1.29 is 22.6 Å². The van der Waals surface area contributed by atoms with E-state index in [0.29, 0.717) is 24.6 Å². The number of nitrogens with zero attached hydrogens (tertiary/aromatic N) is 7. The molecule has 3 aromatic heterocycles. The largest absolute Gasteiger partial charge is 0.464 e. The second-order valence-corrected chi connectivity index (χ2v) is 7.45. The van der Waals surface area contributed by atoms with Gasteiger partial charge in [-0.15, -0.1) is 0 Å². The van der Waals surface area contributed by atoms with E-state index in [0.717, 1.165) is 0 Å². The quantitative estimate of drug-likeness (QED) is 0.280. The lowest BCUT2D eigenvalue weighted by Gasteiger charge is -2.04. The maximum Gasteiger partial charge on any atom is 0.449 e. The van der Waals surface area contributed by atoms with Gasteiger partial charge in [-0.05, 0) is 66.3 Å². The monoisotopic (exact) mass is 582 g/mol. The minimum absolute atomic E-state index is 0. The molecule has 0 atom stereocenters. The highest BCUT2D eigenvalue weighted by Crippen LogP contribution is 2.29. The smallest absolute Gasteiger partial charge is 0.449 e. The van der Waals surface area contributed by atoms with Crippen LogP contribution in [0.4, 0.5) is 13.2 Å². The van der Waals surface area contributed by atoms with Crippen LogP contribution in [0.2, 0.25) is 15.9 Å². The zero-order chi connectivity index (χ0) is 25.6. The Morgan fingerprint density at radius 3 is 1.86 bits per heavy atom. The molecule has 0 unspecified atom stereocenters. The molecule has 10 nitrogen and oxygen atoms in total. The second-order valence-electron chi connectivity index (χ2n) is 6.44. The molecule has 0 saturated heterocycles. The predicted molar refractivity (Wildman–Crippen MR) is 134 cm³/mol. The highest BCUT2D eigenvalue weighted by Gasteiger charge is 2.34. The van der Waals surface area contributed by atoms with Crippen LogP contribution in [0.3, 0.4) is 0 Å². The van der Waals surface area contributed by atoms with Gasteiger partial charge >= 0.3 is 18.2 Å². The Hall–Kier alpha value is -3.03. The van der Waals surface area contributed by atoms with Gasteiger partial charge in [-0.1, -0.05) is 20.9 Å². The molecule has 4 rings (SSSR count). The summed E-state index contributed by atoms with van der Waals surface area (Å²) in [5, 5.41) is 0.0623. The first-order chi connectivity index (χ1) is 16.6. The molecular weight excluding hydrogens is 560 g/mol. The van der Waals surface area contributed by atoms with Crippen LogP contribution in [0.5, 0.6) is 12.0 Å². The van der Waals surface area contributed by atoms with Crippen molar-refractivity contribution in [1.82, 2.24) is 39.9 Å². The van der Waals surface area contributed by atoms with Crippen LogP contribution in [-0.4, -0.2) is 53.1 Å². The molecule has 0 aliphatic rings. The van der Waals surface area contributed by atoms with Crippen molar-refractivity contribution in [2.75, 3.05) is 13.2 Å². The summed E-state index contributed by atoms with van der Waals surface area (Å²) in [6, 6.07) is 4.98. The lowest BCUT2D eigenvalue weighted by molar-refractivity contribution is -0.144. The van der Waals surface area contributed by atoms with Gasteiger partial charge in [0.05, 0.1) is 24.2 Å². The second kappa shape index (κ2) is 14.1. The van der Waals surface area contributed by atoms with Gasteiger partial charge in [-0.2, -0.15) is 38.1 Å². The number of aromatic amines is 1. The van der Waals surface area contributed by atoms with Crippen LogP contribution in [-0.2, 0) is 12.6 Å². The highest BCUT2D eigenvalue weighted by molar-refractivity contribution is 6.31. The molecule has 4 aromatic rings. The van der Waals surface area contributed by atoms with Gasteiger partial charge in [-0.25, -0.2) is 9.97 Å². The molecule has 0 saturated carbocycles. The highest BCUT2D eigenvalue weighted by atomic mass is 35.5. The molecule has 1 N–H and O–H groups in total. The van der Waals surface area contributed by atoms with E-state index >= 15 is 0 Å². The third-order valence-corrected chi connectivity index (χ3v) is 4.43. The third kappa shape index (κ3) is 9.41. The standard InChI is InChI=1S/C14H11ClF3N5O.C5H5Cl2N3O.2CH4/c1-2-24-13-22-10(21-12(15)23-13)6-7-3-4-8-9(5-7)20-11(19-8)14(16,17)18;1-2-11-5-9-3(6)8-4(7)10-5;;/h3-5H,2,6H2,1H3,(H,19,20);2H2,1H3;2*1H4. The van der Waals surface area contributed by atoms with Crippen molar-refractivity contribution in [2.45, 2.75) is 41.3 Å². The summed E-state index contributed by atoms with van der Waals surface area (Å²) in [5.41, 5.74) is 1.21. The van der Waals surface area contributed by atoms with Crippen LogP contribution >= 0.6 is 34.8 Å². The van der Waals surface area contributed by atoms with Gasteiger partial charge in [0.2, 0.25) is 21.7 Å². The minimum Gasteiger partial charge on any atom is -0.464 e. The van der Waals surface area contributed by atoms with Crippen LogP contribution < -0.4 is 9.47 Å². The van der Waals surface area contributed by atoms with Gasteiger partial charge in [0.15, 0.2) is 0 Å². The summed E-state index contributed by atoms with van der Waals surface area (Å²) >= 11 is 16.7. The van der Waals surface area contributed by atoms with Crippen LogP contribution in [0.1, 0.15) is 45.9 Å². The molecule has 0 fully saturated rings. The number of hydrogen-bond donors (Lipinski definition) is 1. The molecule has 0 radical (unpaired) electrons. The van der Waals surface area contributed by atoms with Crippen molar-refractivity contribution in [3.63, 3.8) is 0 Å². The van der Waals surface area contributed by atoms with Gasteiger partial charge in [-0.3, -0.25) is 0 Å². The third-order valence-electron chi connectivity index (χ3n) is 3.92. The molecule has 0 bridgehead atoms. The summed E-state index contributed by atoms with van der Waals surface area (Å²) in [4.78, 5) is 28.6. The summed E-state index contributed by atoms with van der Waals surface area (Å²) in [6.45, 7) is 4.43. The summed E-state index contributed by atoms with van der Waals surface area (Å²) < 4.78 is 48.2. The average Bonchev–Trinajstić information content (AvgIpc) is 3.18. The zero-order valence-electron chi connectivity index (χ0n) is 18.1. The molecule has 3 heterocycles. The first kappa shape index (κ1) is 32.0. The average molecular weight is 584 g/mol. The van der Waals surface area contributed by atoms with Gasteiger partial charge in [0.1, 0.15) is 5.82 Å². The van der Waals surface area contributed by atoms with Crippen molar-refractivity contribution in [1.29, 1.82) is 0 Å². The van der Waals surface area contributed by atoms with E-state index in [1.807, 2.05) is 6.92 Å². The van der Waals surface area contributed by atoms with Gasteiger partial charge < -0.3 is 14.5 Å². The summed E-state index contributed by atoms with van der Waals surface area (Å²) in [7, 11) is 0. The fourth-order valence-electron chi connectivity index (χ4n) is 2.63. The molecule has 16 heteroatoms. The van der Waals surface area contributed by atoms with E-state index < -0.39 is 12.0 Å². The first-order valence-electron chi connectivity index (χ1n) is 9.86. The molecule has 37 heavy (non-hydrogen) atoms. The Labute approximate surface area is 226 Å². The summed E-state index contributed by atoms with van der Waals surface area (Å²) in [5.74, 6) is -0.676. The molecule has 0 aliphatic heterocycles. The molecule has 1 aromatic carbocycles. The summed E-state index contributed by atoms with van der Waals surface area (Å²) in [6.07, 6.45) is -4.26. The lowest BCUT2D eigenvalue weighted by atomic mass is 10.1. The zero-order valence-corrected chi connectivity index (χ0v) is 20.3. The fourth-order valence-corrected chi connectivity index (χ4v) is 3.15. The molecule has 0 spiro atoms. The van der Waals surface area contributed by atoms with Crippen molar-refractivity contribution in [3.8, 4) is 12.0 Å². The van der Waals surface area contributed by atoms with Crippen LogP contribution in [0, 0.1) is 0 Å². The molecular formula is C21H24Cl3F3N8O2. The fraction of sp³-hybridized carbons (Fsp3) is 0.381. The number of halogens is 6. The van der Waals surface area contributed by atoms with Gasteiger partial charge in [0.25, 0.3) is 0 Å². The number of hydrogen-bond acceptors (Lipinski definition) is 9. The Morgan fingerprint density at radius 1 is 0.784 bits per heavy atom. The van der Waals surface area contributed by atoms with E-state index in [9.17, 15) is 13.2 Å². The number of fused-ring (bicyclic) bond motifs is 1. The topological polar surface area (TPSA) is 124 Å². The Morgan fingerprint density at radius 2 is 1.32 bits per heavy atom. The van der Waals surface area contributed by atoms with E-state index in [-0.39, 0.29) is 60.2 Å². The maximum absolute atomic E-state index is 12.7. The van der Waals surface area contributed by atoms with Crippen molar-refractivity contribution in [3.05, 3.63) is 51.3 Å². The predicted octanol–water partition coefficient (Wildman–Crippen LogP) is 6.26. The van der Waals surface area contributed by atoms with E-state index in [1.54, 1.807) is 19.1 Å².